The molecular weight excluding hydrogens is 293 g/mol. The predicted octanol–water partition coefficient (Wildman–Crippen LogP) is 4.25. The molecule has 1 heterocycles. The van der Waals surface area contributed by atoms with Gasteiger partial charge in [0.05, 0.1) is 11.0 Å². The van der Waals surface area contributed by atoms with E-state index in [9.17, 15) is 18.0 Å². The van der Waals surface area contributed by atoms with Crippen LogP contribution in [0.15, 0.2) is 48.5 Å². The van der Waals surface area contributed by atoms with Gasteiger partial charge in [-0.2, -0.15) is 13.2 Å². The zero-order valence-electron chi connectivity index (χ0n) is 11.6. The molecule has 0 aliphatic carbocycles. The summed E-state index contributed by atoms with van der Waals surface area (Å²) in [6.07, 6.45) is -4.59. The second-order valence-electron chi connectivity index (χ2n) is 4.86. The third-order valence-electron chi connectivity index (χ3n) is 3.33. The van der Waals surface area contributed by atoms with Gasteiger partial charge < -0.3 is 0 Å². The van der Waals surface area contributed by atoms with Gasteiger partial charge in [-0.25, -0.2) is 4.98 Å². The van der Waals surface area contributed by atoms with E-state index in [2.05, 4.69) is 4.98 Å². The second-order valence-corrected chi connectivity index (χ2v) is 4.86. The number of fused-ring (bicyclic) bond motifs is 1. The molecule has 2 aromatic carbocycles. The van der Waals surface area contributed by atoms with Crippen molar-refractivity contribution in [3.05, 3.63) is 59.9 Å². The van der Waals surface area contributed by atoms with Gasteiger partial charge in [-0.05, 0) is 37.3 Å². The number of alkyl halides is 3. The monoisotopic (exact) mass is 304 g/mol. The van der Waals surface area contributed by atoms with Crippen LogP contribution >= 0.6 is 0 Å². The molecule has 3 nitrogen and oxygen atoms in total. The van der Waals surface area contributed by atoms with Crippen LogP contribution in [-0.2, 0) is 6.18 Å². The van der Waals surface area contributed by atoms with Crippen LogP contribution in [0.3, 0.4) is 0 Å². The number of imidazole rings is 1. The molecule has 3 rings (SSSR count). The number of hydrogen-bond donors (Lipinski definition) is 0. The van der Waals surface area contributed by atoms with E-state index in [4.69, 9.17) is 0 Å². The summed E-state index contributed by atoms with van der Waals surface area (Å²) in [5.74, 6) is -1.22. The first kappa shape index (κ1) is 14.3. The lowest BCUT2D eigenvalue weighted by Gasteiger charge is -2.11. The summed E-state index contributed by atoms with van der Waals surface area (Å²) in [6, 6.07) is 12.6. The number of ketones is 1. The first-order valence-corrected chi connectivity index (χ1v) is 6.54. The van der Waals surface area contributed by atoms with Gasteiger partial charge in [-0.3, -0.25) is 9.36 Å². The van der Waals surface area contributed by atoms with Crippen LogP contribution in [0.2, 0.25) is 0 Å². The Balaban J connectivity index is 2.35. The van der Waals surface area contributed by atoms with Gasteiger partial charge in [0.1, 0.15) is 0 Å². The quantitative estimate of drug-likeness (QED) is 0.663. The lowest BCUT2D eigenvalue weighted by atomic mass is 10.1. The van der Waals surface area contributed by atoms with Crippen LogP contribution in [0.25, 0.3) is 16.7 Å². The normalized spacial score (nSPS) is 11.8. The molecule has 0 saturated carbocycles. The van der Waals surface area contributed by atoms with E-state index in [1.54, 1.807) is 30.3 Å². The Hall–Kier alpha value is -2.63. The van der Waals surface area contributed by atoms with E-state index in [0.29, 0.717) is 16.8 Å². The molecule has 22 heavy (non-hydrogen) atoms. The molecule has 0 bridgehead atoms. The SMILES string of the molecule is CC(=O)c1ccc2c(c1)nc(C(F)(F)F)n2-c1ccccc1. The van der Waals surface area contributed by atoms with Gasteiger partial charge in [0, 0.05) is 11.3 Å². The van der Waals surface area contributed by atoms with Crippen LogP contribution < -0.4 is 0 Å². The molecule has 0 aliphatic heterocycles. The maximum absolute atomic E-state index is 13.3. The summed E-state index contributed by atoms with van der Waals surface area (Å²) in [5, 5.41) is 0. The van der Waals surface area contributed by atoms with E-state index in [1.165, 1.54) is 25.1 Å². The molecule has 6 heteroatoms. The summed E-state index contributed by atoms with van der Waals surface area (Å²) >= 11 is 0. The highest BCUT2D eigenvalue weighted by atomic mass is 19.4. The molecule has 0 saturated heterocycles. The van der Waals surface area contributed by atoms with Crippen molar-refractivity contribution < 1.29 is 18.0 Å². The molecular formula is C16H11F3N2O. The summed E-state index contributed by atoms with van der Waals surface area (Å²) < 4.78 is 40.9. The van der Waals surface area contributed by atoms with E-state index < -0.39 is 12.0 Å². The highest BCUT2D eigenvalue weighted by Crippen LogP contribution is 2.34. The zero-order valence-corrected chi connectivity index (χ0v) is 11.6. The number of carbonyl (C=O) groups is 1. The number of rotatable bonds is 2. The van der Waals surface area contributed by atoms with E-state index in [0.717, 1.165) is 4.57 Å². The predicted molar refractivity (Wildman–Crippen MR) is 76.1 cm³/mol. The number of benzene rings is 2. The van der Waals surface area contributed by atoms with Crippen LogP contribution in [0.1, 0.15) is 23.1 Å². The van der Waals surface area contributed by atoms with Crippen molar-refractivity contribution in [2.45, 2.75) is 13.1 Å². The third-order valence-corrected chi connectivity index (χ3v) is 3.33. The Labute approximate surface area is 124 Å². The van der Waals surface area contributed by atoms with Crippen LogP contribution in [0.5, 0.6) is 0 Å². The minimum atomic E-state index is -4.59. The van der Waals surface area contributed by atoms with Crippen molar-refractivity contribution >= 4 is 16.8 Å². The van der Waals surface area contributed by atoms with Gasteiger partial charge in [-0.15, -0.1) is 0 Å². The lowest BCUT2D eigenvalue weighted by Crippen LogP contribution is -2.13. The third kappa shape index (κ3) is 2.36. The Kier molecular flexibility index (Phi) is 3.24. The Morgan fingerprint density at radius 2 is 1.77 bits per heavy atom. The number of para-hydroxylation sites is 1. The minimum Gasteiger partial charge on any atom is -0.295 e. The maximum Gasteiger partial charge on any atom is 0.450 e. The molecule has 0 radical (unpaired) electrons. The van der Waals surface area contributed by atoms with Gasteiger partial charge in [0.25, 0.3) is 0 Å². The van der Waals surface area contributed by atoms with E-state index >= 15 is 0 Å². The van der Waals surface area contributed by atoms with E-state index in [-0.39, 0.29) is 11.3 Å². The number of hydrogen-bond acceptors (Lipinski definition) is 2. The molecule has 0 amide bonds. The van der Waals surface area contributed by atoms with Crippen molar-refractivity contribution in [1.82, 2.24) is 9.55 Å². The number of carbonyl (C=O) groups excluding carboxylic acids is 1. The average molecular weight is 304 g/mol. The van der Waals surface area contributed by atoms with Crippen molar-refractivity contribution in [1.29, 1.82) is 0 Å². The first-order chi connectivity index (χ1) is 10.4. The highest BCUT2D eigenvalue weighted by molar-refractivity contribution is 5.97. The molecule has 0 atom stereocenters. The Morgan fingerprint density at radius 3 is 2.36 bits per heavy atom. The van der Waals surface area contributed by atoms with Gasteiger partial charge in [0.15, 0.2) is 5.78 Å². The zero-order chi connectivity index (χ0) is 15.9. The molecule has 0 unspecified atom stereocenters. The van der Waals surface area contributed by atoms with Crippen molar-refractivity contribution in [3.8, 4) is 5.69 Å². The van der Waals surface area contributed by atoms with Crippen LogP contribution in [0.4, 0.5) is 13.2 Å². The largest absolute Gasteiger partial charge is 0.450 e. The summed E-state index contributed by atoms with van der Waals surface area (Å²) in [6.45, 7) is 1.36. The Bertz CT molecular complexity index is 851. The molecule has 0 aliphatic rings. The topological polar surface area (TPSA) is 34.9 Å². The van der Waals surface area contributed by atoms with Crippen molar-refractivity contribution in [2.75, 3.05) is 0 Å². The van der Waals surface area contributed by atoms with Crippen LogP contribution in [-0.4, -0.2) is 15.3 Å². The fourth-order valence-corrected chi connectivity index (χ4v) is 2.33. The number of Topliss-reactive ketones (excluding diaryl/α,β-unsaturated/α-hetero) is 1. The lowest BCUT2D eigenvalue weighted by molar-refractivity contribution is -0.145. The fraction of sp³-hybridized carbons (Fsp3) is 0.125. The van der Waals surface area contributed by atoms with E-state index in [1.807, 2.05) is 0 Å². The highest BCUT2D eigenvalue weighted by Gasteiger charge is 2.38. The van der Waals surface area contributed by atoms with Gasteiger partial charge in [-0.1, -0.05) is 18.2 Å². The second kappa shape index (κ2) is 4.98. The molecule has 112 valence electrons. The Morgan fingerprint density at radius 1 is 1.09 bits per heavy atom. The summed E-state index contributed by atoms with van der Waals surface area (Å²) in [5.41, 5.74) is 1.15. The molecule has 0 fully saturated rings. The van der Waals surface area contributed by atoms with Crippen molar-refractivity contribution in [2.24, 2.45) is 0 Å². The summed E-state index contributed by atoms with van der Waals surface area (Å²) in [7, 11) is 0. The number of aromatic nitrogens is 2. The minimum absolute atomic E-state index is 0.142. The number of halogens is 3. The number of nitrogens with zero attached hydrogens (tertiary/aromatic N) is 2. The average Bonchev–Trinajstić information content (AvgIpc) is 2.86. The smallest absolute Gasteiger partial charge is 0.295 e. The standard InChI is InChI=1S/C16H11F3N2O/c1-10(22)11-7-8-14-13(9-11)20-15(16(17,18)19)21(14)12-5-3-2-4-6-12/h2-9H,1H3. The van der Waals surface area contributed by atoms with Gasteiger partial charge >= 0.3 is 6.18 Å². The summed E-state index contributed by atoms with van der Waals surface area (Å²) in [4.78, 5) is 15.1. The molecule has 0 spiro atoms. The maximum atomic E-state index is 13.3. The molecule has 1 aromatic heterocycles. The first-order valence-electron chi connectivity index (χ1n) is 6.54. The molecule has 3 aromatic rings. The van der Waals surface area contributed by atoms with Crippen molar-refractivity contribution in [3.63, 3.8) is 0 Å². The van der Waals surface area contributed by atoms with Gasteiger partial charge in [0.2, 0.25) is 5.82 Å². The van der Waals surface area contributed by atoms with Crippen LogP contribution in [0, 0.1) is 0 Å². The molecule has 0 N–H and O–H groups in total. The fourth-order valence-electron chi connectivity index (χ4n) is 2.33.